The lowest BCUT2D eigenvalue weighted by Gasteiger charge is -2.05. The lowest BCUT2D eigenvalue weighted by atomic mass is 10.1. The first-order chi connectivity index (χ1) is 10.0. The number of fused-ring (bicyclic) bond motifs is 1. The van der Waals surface area contributed by atoms with Crippen LogP contribution in [0.25, 0.3) is 16.8 Å². The summed E-state index contributed by atoms with van der Waals surface area (Å²) in [6.45, 7) is 1.82. The summed E-state index contributed by atoms with van der Waals surface area (Å²) >= 11 is 18.0. The van der Waals surface area contributed by atoms with Gasteiger partial charge in [0.05, 0.1) is 16.6 Å². The second-order valence-electron chi connectivity index (χ2n) is 4.61. The van der Waals surface area contributed by atoms with E-state index in [2.05, 4.69) is 10.1 Å². The first-order valence-corrected chi connectivity index (χ1v) is 7.43. The number of nitrogens with zero attached hydrogens (tertiary/aromatic N) is 2. The van der Waals surface area contributed by atoms with Gasteiger partial charge in [-0.1, -0.05) is 29.3 Å². The molecular formula is C14H10Cl3N3O. The number of rotatable bonds is 2. The third-order valence-corrected chi connectivity index (χ3v) is 4.03. The Bertz CT molecular complexity index is 898. The zero-order valence-electron chi connectivity index (χ0n) is 11.0. The van der Waals surface area contributed by atoms with Gasteiger partial charge < -0.3 is 4.98 Å². The number of aryl methyl sites for hydroxylation is 1. The highest BCUT2D eigenvalue weighted by Gasteiger charge is 2.17. The average Bonchev–Trinajstić information content (AvgIpc) is 2.76. The van der Waals surface area contributed by atoms with Crippen molar-refractivity contribution in [2.24, 2.45) is 0 Å². The fourth-order valence-electron chi connectivity index (χ4n) is 2.29. The molecule has 21 heavy (non-hydrogen) atoms. The fourth-order valence-corrected chi connectivity index (χ4v) is 2.93. The molecule has 0 saturated heterocycles. The minimum absolute atomic E-state index is 0.212. The quantitative estimate of drug-likeness (QED) is 0.714. The van der Waals surface area contributed by atoms with Crippen LogP contribution in [-0.4, -0.2) is 14.6 Å². The van der Waals surface area contributed by atoms with Crippen LogP contribution in [0.5, 0.6) is 0 Å². The number of hydrogen-bond donors (Lipinski definition) is 1. The number of halogens is 3. The van der Waals surface area contributed by atoms with Crippen LogP contribution in [0.1, 0.15) is 11.4 Å². The minimum Gasteiger partial charge on any atom is -0.342 e. The fraction of sp³-hybridized carbons (Fsp3) is 0.143. The molecule has 3 rings (SSSR count). The van der Waals surface area contributed by atoms with Gasteiger partial charge >= 0.3 is 0 Å². The Labute approximate surface area is 135 Å². The van der Waals surface area contributed by atoms with E-state index in [1.54, 1.807) is 18.2 Å². The summed E-state index contributed by atoms with van der Waals surface area (Å²) in [4.78, 5) is 15.2. The average molecular weight is 343 g/mol. The van der Waals surface area contributed by atoms with E-state index in [9.17, 15) is 4.79 Å². The molecule has 0 aliphatic carbocycles. The number of aromatic nitrogens is 3. The van der Waals surface area contributed by atoms with Crippen LogP contribution in [0.3, 0.4) is 0 Å². The Balaban J connectivity index is 2.39. The van der Waals surface area contributed by atoms with Crippen molar-refractivity contribution >= 4 is 40.4 Å². The minimum atomic E-state index is -0.237. The third kappa shape index (κ3) is 2.44. The van der Waals surface area contributed by atoms with Crippen LogP contribution >= 0.6 is 34.8 Å². The first-order valence-electron chi connectivity index (χ1n) is 6.14. The SMILES string of the molecule is Cc1nn2c(=O)cc(CCl)[nH]c2c1-c1ccc(Cl)cc1Cl. The molecule has 0 atom stereocenters. The number of nitrogens with one attached hydrogen (secondary N) is 1. The molecule has 7 heteroatoms. The predicted molar refractivity (Wildman–Crippen MR) is 85.6 cm³/mol. The molecule has 0 aliphatic heterocycles. The Hall–Kier alpha value is -1.49. The molecule has 0 spiro atoms. The van der Waals surface area contributed by atoms with Gasteiger partial charge in [0.25, 0.3) is 5.56 Å². The van der Waals surface area contributed by atoms with Gasteiger partial charge in [-0.3, -0.25) is 4.79 Å². The van der Waals surface area contributed by atoms with Gasteiger partial charge in [-0.2, -0.15) is 9.61 Å². The number of alkyl halides is 1. The Morgan fingerprint density at radius 1 is 1.29 bits per heavy atom. The summed E-state index contributed by atoms with van der Waals surface area (Å²) in [5, 5.41) is 5.31. The summed E-state index contributed by atoms with van der Waals surface area (Å²) in [7, 11) is 0. The summed E-state index contributed by atoms with van der Waals surface area (Å²) < 4.78 is 1.31. The van der Waals surface area contributed by atoms with E-state index in [-0.39, 0.29) is 11.4 Å². The van der Waals surface area contributed by atoms with Crippen LogP contribution < -0.4 is 5.56 Å². The van der Waals surface area contributed by atoms with Crippen LogP contribution in [0.2, 0.25) is 10.0 Å². The number of benzene rings is 1. The molecule has 2 heterocycles. The van der Waals surface area contributed by atoms with Gasteiger partial charge in [-0.15, -0.1) is 11.6 Å². The van der Waals surface area contributed by atoms with E-state index < -0.39 is 0 Å². The molecule has 108 valence electrons. The van der Waals surface area contributed by atoms with E-state index >= 15 is 0 Å². The molecule has 0 saturated carbocycles. The van der Waals surface area contributed by atoms with E-state index in [0.717, 1.165) is 11.1 Å². The number of H-pyrrole nitrogens is 1. The van der Waals surface area contributed by atoms with Gasteiger partial charge in [-0.05, 0) is 19.1 Å². The van der Waals surface area contributed by atoms with Crippen LogP contribution in [0.15, 0.2) is 29.1 Å². The lowest BCUT2D eigenvalue weighted by molar-refractivity contribution is 0.871. The van der Waals surface area contributed by atoms with Crippen molar-refractivity contribution < 1.29 is 0 Å². The molecule has 0 bridgehead atoms. The van der Waals surface area contributed by atoms with Gasteiger partial charge in [0.2, 0.25) is 0 Å². The van der Waals surface area contributed by atoms with E-state index in [1.807, 2.05) is 6.92 Å². The molecule has 4 nitrogen and oxygen atoms in total. The standard InChI is InChI=1S/C14H10Cl3N3O/c1-7-13(10-3-2-8(16)4-11(10)17)14-18-9(6-15)5-12(21)20(14)19-7/h2-5,18H,6H2,1H3. The van der Waals surface area contributed by atoms with Gasteiger partial charge in [0, 0.05) is 27.9 Å². The molecule has 0 fully saturated rings. The van der Waals surface area contributed by atoms with Crippen molar-refractivity contribution in [3.63, 3.8) is 0 Å². The highest BCUT2D eigenvalue weighted by atomic mass is 35.5. The number of hydrogen-bond acceptors (Lipinski definition) is 2. The molecule has 0 aliphatic rings. The second kappa shape index (κ2) is 5.37. The monoisotopic (exact) mass is 341 g/mol. The summed E-state index contributed by atoms with van der Waals surface area (Å²) in [5.41, 5.74) is 3.18. The van der Waals surface area contributed by atoms with Gasteiger partial charge in [-0.25, -0.2) is 0 Å². The molecule has 0 unspecified atom stereocenters. The van der Waals surface area contributed by atoms with E-state index in [0.29, 0.717) is 27.1 Å². The smallest absolute Gasteiger partial charge is 0.274 e. The van der Waals surface area contributed by atoms with Crippen molar-refractivity contribution in [2.45, 2.75) is 12.8 Å². The highest BCUT2D eigenvalue weighted by Crippen LogP contribution is 2.34. The van der Waals surface area contributed by atoms with Crippen LogP contribution in [-0.2, 0) is 5.88 Å². The summed E-state index contributed by atoms with van der Waals surface area (Å²) in [6.07, 6.45) is 0. The van der Waals surface area contributed by atoms with E-state index in [4.69, 9.17) is 34.8 Å². The van der Waals surface area contributed by atoms with Gasteiger partial charge in [0.15, 0.2) is 0 Å². The molecule has 0 radical (unpaired) electrons. The molecule has 3 aromatic rings. The highest BCUT2D eigenvalue weighted by molar-refractivity contribution is 6.36. The topological polar surface area (TPSA) is 50.2 Å². The molecular weight excluding hydrogens is 333 g/mol. The largest absolute Gasteiger partial charge is 0.342 e. The van der Waals surface area contributed by atoms with Crippen molar-refractivity contribution in [3.8, 4) is 11.1 Å². The van der Waals surface area contributed by atoms with Crippen molar-refractivity contribution in [2.75, 3.05) is 0 Å². The first kappa shape index (κ1) is 14.4. The Morgan fingerprint density at radius 3 is 2.71 bits per heavy atom. The molecule has 1 N–H and O–H groups in total. The van der Waals surface area contributed by atoms with Gasteiger partial charge in [0.1, 0.15) is 5.65 Å². The second-order valence-corrected chi connectivity index (χ2v) is 5.72. The maximum atomic E-state index is 12.1. The van der Waals surface area contributed by atoms with Crippen molar-refractivity contribution in [1.82, 2.24) is 14.6 Å². The maximum absolute atomic E-state index is 12.1. The number of aromatic amines is 1. The predicted octanol–water partition coefficient (Wildman–Crippen LogP) is 4.04. The Kier molecular flexibility index (Phi) is 3.69. The molecule has 2 aromatic heterocycles. The zero-order valence-corrected chi connectivity index (χ0v) is 13.2. The van der Waals surface area contributed by atoms with Crippen LogP contribution in [0.4, 0.5) is 0 Å². The summed E-state index contributed by atoms with van der Waals surface area (Å²) in [6, 6.07) is 6.64. The summed E-state index contributed by atoms with van der Waals surface area (Å²) in [5.74, 6) is 0.212. The van der Waals surface area contributed by atoms with Crippen LogP contribution in [0, 0.1) is 6.92 Å². The Morgan fingerprint density at radius 2 is 2.05 bits per heavy atom. The lowest BCUT2D eigenvalue weighted by Crippen LogP contribution is -2.15. The zero-order chi connectivity index (χ0) is 15.1. The third-order valence-electron chi connectivity index (χ3n) is 3.19. The van der Waals surface area contributed by atoms with E-state index in [1.165, 1.54) is 10.6 Å². The molecule has 0 amide bonds. The molecule has 1 aromatic carbocycles. The normalized spacial score (nSPS) is 11.2. The maximum Gasteiger partial charge on any atom is 0.274 e. The van der Waals surface area contributed by atoms with Crippen molar-refractivity contribution in [3.05, 3.63) is 56.1 Å². The van der Waals surface area contributed by atoms with Crippen molar-refractivity contribution in [1.29, 1.82) is 0 Å².